The summed E-state index contributed by atoms with van der Waals surface area (Å²) in [6, 6.07) is 5.78. The van der Waals surface area contributed by atoms with Gasteiger partial charge in [-0.1, -0.05) is 34.0 Å². The van der Waals surface area contributed by atoms with Gasteiger partial charge in [0.15, 0.2) is 0 Å². The lowest BCUT2D eigenvalue weighted by atomic mass is 9.97. The number of anilines is 1. The number of halogens is 3. The smallest absolute Gasteiger partial charge is 0.238 e. The number of nitrogens with one attached hydrogen (secondary N) is 1. The van der Waals surface area contributed by atoms with Crippen molar-refractivity contribution in [2.45, 2.75) is 38.3 Å². The van der Waals surface area contributed by atoms with Gasteiger partial charge in [0.05, 0.1) is 17.3 Å². The van der Waals surface area contributed by atoms with Crippen LogP contribution in [-0.2, 0) is 4.79 Å². The van der Waals surface area contributed by atoms with Gasteiger partial charge in [0, 0.05) is 16.6 Å². The molecule has 0 aromatic heterocycles. The first-order valence-electron chi connectivity index (χ1n) is 7.22. The average molecular weight is 411 g/mol. The largest absolute Gasteiger partial charge is 0.327 e. The zero-order chi connectivity index (χ0) is 15.4. The van der Waals surface area contributed by atoms with Crippen molar-refractivity contribution in [2.75, 3.05) is 18.4 Å². The third kappa shape index (κ3) is 5.39. The number of rotatable bonds is 4. The summed E-state index contributed by atoms with van der Waals surface area (Å²) in [6.07, 6.45) is 3.36. The molecule has 1 fully saturated rings. The second kappa shape index (κ2) is 9.08. The quantitative estimate of drug-likeness (QED) is 0.796. The number of hydrogen-bond acceptors (Lipinski definition) is 3. The van der Waals surface area contributed by atoms with E-state index in [1.54, 1.807) is 12.1 Å². The molecule has 3 N–H and O–H groups in total. The fourth-order valence-corrected chi connectivity index (χ4v) is 3.49. The fourth-order valence-electron chi connectivity index (χ4n) is 2.77. The van der Waals surface area contributed by atoms with Gasteiger partial charge in [-0.25, -0.2) is 0 Å². The molecule has 2 rings (SSSR count). The molecule has 2 unspecified atom stereocenters. The first-order valence-corrected chi connectivity index (χ1v) is 8.39. The third-order valence-electron chi connectivity index (χ3n) is 3.82. The zero-order valence-corrected chi connectivity index (χ0v) is 15.7. The molecule has 1 heterocycles. The van der Waals surface area contributed by atoms with Crippen molar-refractivity contribution in [1.29, 1.82) is 0 Å². The van der Waals surface area contributed by atoms with Crippen LogP contribution in [0.4, 0.5) is 5.69 Å². The minimum Gasteiger partial charge on any atom is -0.327 e. The van der Waals surface area contributed by atoms with E-state index in [9.17, 15) is 4.79 Å². The Hall–Kier alpha value is -0.330. The van der Waals surface area contributed by atoms with Crippen LogP contribution in [0.1, 0.15) is 26.2 Å². The highest BCUT2D eigenvalue weighted by atomic mass is 79.9. The molecule has 1 amide bonds. The maximum atomic E-state index is 12.2. The highest BCUT2D eigenvalue weighted by Crippen LogP contribution is 2.26. The van der Waals surface area contributed by atoms with Gasteiger partial charge in [0.25, 0.3) is 0 Å². The fraction of sp³-hybridized carbons (Fsp3) is 0.533. The van der Waals surface area contributed by atoms with Crippen molar-refractivity contribution < 1.29 is 4.79 Å². The van der Waals surface area contributed by atoms with E-state index < -0.39 is 0 Å². The van der Waals surface area contributed by atoms with Gasteiger partial charge in [-0.15, -0.1) is 12.4 Å². The van der Waals surface area contributed by atoms with Gasteiger partial charge < -0.3 is 11.1 Å². The number of likely N-dealkylation sites (tertiary alicyclic amines) is 1. The van der Waals surface area contributed by atoms with Crippen LogP contribution in [0.15, 0.2) is 22.7 Å². The first kappa shape index (κ1) is 19.7. The van der Waals surface area contributed by atoms with E-state index >= 15 is 0 Å². The summed E-state index contributed by atoms with van der Waals surface area (Å²) < 4.78 is 0.888. The van der Waals surface area contributed by atoms with E-state index in [-0.39, 0.29) is 30.4 Å². The summed E-state index contributed by atoms with van der Waals surface area (Å²) >= 11 is 9.46. The predicted molar refractivity (Wildman–Crippen MR) is 97.9 cm³/mol. The van der Waals surface area contributed by atoms with Crippen LogP contribution in [0, 0.1) is 0 Å². The SMILES string of the molecule is CC(N)C1CCCCN1CC(=O)Nc1ccc(Br)cc1Cl.Cl. The normalized spacial score (nSPS) is 20.1. The molecular formula is C15H22BrCl2N3O. The summed E-state index contributed by atoms with van der Waals surface area (Å²) in [5.74, 6) is -0.0493. The molecular weight excluding hydrogens is 389 g/mol. The molecule has 124 valence electrons. The standard InChI is InChI=1S/C15H21BrClN3O.ClH/c1-10(18)14-4-2-3-7-20(14)9-15(21)19-13-6-5-11(16)8-12(13)17;/h5-6,8,10,14H,2-4,7,9,18H2,1H3,(H,19,21);1H. The molecule has 0 aliphatic carbocycles. The molecule has 0 spiro atoms. The van der Waals surface area contributed by atoms with Crippen LogP contribution < -0.4 is 11.1 Å². The molecule has 1 aromatic carbocycles. The predicted octanol–water partition coefficient (Wildman–Crippen LogP) is 3.66. The Morgan fingerprint density at radius 3 is 2.91 bits per heavy atom. The van der Waals surface area contributed by atoms with Crippen molar-refractivity contribution in [1.82, 2.24) is 4.90 Å². The van der Waals surface area contributed by atoms with Gasteiger partial charge in [-0.05, 0) is 44.5 Å². The topological polar surface area (TPSA) is 58.4 Å². The Morgan fingerprint density at radius 1 is 1.55 bits per heavy atom. The van der Waals surface area contributed by atoms with Crippen LogP contribution >= 0.6 is 39.9 Å². The van der Waals surface area contributed by atoms with Crippen LogP contribution in [0.25, 0.3) is 0 Å². The molecule has 22 heavy (non-hydrogen) atoms. The molecule has 1 aliphatic heterocycles. The molecule has 1 aliphatic rings. The first-order chi connectivity index (χ1) is 9.97. The van der Waals surface area contributed by atoms with Crippen LogP contribution in [0.3, 0.4) is 0 Å². The number of amides is 1. The molecule has 1 aromatic rings. The molecule has 1 saturated heterocycles. The van der Waals surface area contributed by atoms with Gasteiger partial charge in [-0.2, -0.15) is 0 Å². The van der Waals surface area contributed by atoms with Gasteiger partial charge in [0.1, 0.15) is 0 Å². The summed E-state index contributed by atoms with van der Waals surface area (Å²) in [4.78, 5) is 14.4. The van der Waals surface area contributed by atoms with E-state index in [4.69, 9.17) is 17.3 Å². The summed E-state index contributed by atoms with van der Waals surface area (Å²) in [6.45, 7) is 3.29. The van der Waals surface area contributed by atoms with Crippen molar-refractivity contribution >= 4 is 51.5 Å². The van der Waals surface area contributed by atoms with Gasteiger partial charge in [0.2, 0.25) is 5.91 Å². The summed E-state index contributed by atoms with van der Waals surface area (Å²) in [5.41, 5.74) is 6.67. The van der Waals surface area contributed by atoms with E-state index in [0.717, 1.165) is 23.9 Å². The lowest BCUT2D eigenvalue weighted by Gasteiger charge is -2.37. The Balaban J connectivity index is 0.00000242. The minimum atomic E-state index is -0.0493. The van der Waals surface area contributed by atoms with E-state index in [1.807, 2.05) is 13.0 Å². The van der Waals surface area contributed by atoms with Gasteiger partial charge >= 0.3 is 0 Å². The molecule has 4 nitrogen and oxygen atoms in total. The number of hydrogen-bond donors (Lipinski definition) is 2. The Morgan fingerprint density at radius 2 is 2.27 bits per heavy atom. The Kier molecular flexibility index (Phi) is 8.14. The molecule has 0 bridgehead atoms. The third-order valence-corrected chi connectivity index (χ3v) is 4.63. The number of nitrogens with two attached hydrogens (primary N) is 1. The van der Waals surface area contributed by atoms with Crippen molar-refractivity contribution in [2.24, 2.45) is 5.73 Å². The molecule has 0 saturated carbocycles. The Bertz CT molecular complexity index is 514. The number of piperidine rings is 1. The highest BCUT2D eigenvalue weighted by Gasteiger charge is 2.26. The van der Waals surface area contributed by atoms with Crippen LogP contribution in [0.2, 0.25) is 5.02 Å². The van der Waals surface area contributed by atoms with Crippen LogP contribution in [-0.4, -0.2) is 36.0 Å². The number of benzene rings is 1. The van der Waals surface area contributed by atoms with E-state index in [1.165, 1.54) is 6.42 Å². The van der Waals surface area contributed by atoms with Crippen molar-refractivity contribution in [3.8, 4) is 0 Å². The maximum Gasteiger partial charge on any atom is 0.238 e. The van der Waals surface area contributed by atoms with Crippen molar-refractivity contribution in [3.05, 3.63) is 27.7 Å². The zero-order valence-electron chi connectivity index (χ0n) is 12.5. The number of nitrogens with zero attached hydrogens (tertiary/aromatic N) is 1. The Labute approximate surface area is 151 Å². The van der Waals surface area contributed by atoms with E-state index in [2.05, 4.69) is 26.1 Å². The van der Waals surface area contributed by atoms with Gasteiger partial charge in [-0.3, -0.25) is 9.69 Å². The second-order valence-corrected chi connectivity index (χ2v) is 6.89. The second-order valence-electron chi connectivity index (χ2n) is 5.57. The lowest BCUT2D eigenvalue weighted by molar-refractivity contribution is -0.118. The van der Waals surface area contributed by atoms with Crippen LogP contribution in [0.5, 0.6) is 0 Å². The maximum absolute atomic E-state index is 12.2. The monoisotopic (exact) mass is 409 g/mol. The number of carbonyl (C=O) groups excluding carboxylic acids is 1. The van der Waals surface area contributed by atoms with Crippen molar-refractivity contribution in [3.63, 3.8) is 0 Å². The highest BCUT2D eigenvalue weighted by molar-refractivity contribution is 9.10. The minimum absolute atomic E-state index is 0. The molecule has 0 radical (unpaired) electrons. The lowest BCUT2D eigenvalue weighted by Crippen LogP contribution is -2.51. The summed E-state index contributed by atoms with van der Waals surface area (Å²) in [5, 5.41) is 3.40. The average Bonchev–Trinajstić information content (AvgIpc) is 2.42. The molecule has 2 atom stereocenters. The number of carbonyl (C=O) groups is 1. The van der Waals surface area contributed by atoms with E-state index in [0.29, 0.717) is 17.3 Å². The summed E-state index contributed by atoms with van der Waals surface area (Å²) in [7, 11) is 0. The molecule has 7 heteroatoms.